The van der Waals surface area contributed by atoms with Crippen LogP contribution in [0.1, 0.15) is 35.3 Å². The summed E-state index contributed by atoms with van der Waals surface area (Å²) in [6, 6.07) is 17.2. The van der Waals surface area contributed by atoms with Crippen molar-refractivity contribution in [1.29, 1.82) is 0 Å². The number of carbonyl (C=O) groups is 1. The minimum atomic E-state index is -0.719. The van der Waals surface area contributed by atoms with Crippen LogP contribution in [0.4, 0.5) is 0 Å². The molecule has 158 valence electrons. The molecule has 2 saturated heterocycles. The third-order valence-electron chi connectivity index (χ3n) is 5.14. The van der Waals surface area contributed by atoms with Crippen molar-refractivity contribution in [3.8, 4) is 0 Å². The van der Waals surface area contributed by atoms with Gasteiger partial charge in [0, 0.05) is 0 Å². The van der Waals surface area contributed by atoms with E-state index in [1.165, 1.54) is 7.11 Å². The Hall–Kier alpha value is -2.51. The van der Waals surface area contributed by atoms with Gasteiger partial charge in [-0.25, -0.2) is 4.79 Å². The highest BCUT2D eigenvalue weighted by Gasteiger charge is 2.55. The first-order valence-electron chi connectivity index (χ1n) is 9.99. The molecule has 4 rings (SSSR count). The number of rotatable bonds is 6. The Labute approximate surface area is 176 Å². The highest BCUT2D eigenvalue weighted by atomic mass is 16.8. The fraction of sp³-hybridized carbons (Fsp3) is 0.375. The van der Waals surface area contributed by atoms with Crippen LogP contribution in [0.5, 0.6) is 0 Å². The van der Waals surface area contributed by atoms with Crippen LogP contribution in [0.2, 0.25) is 0 Å². The molecule has 0 unspecified atom stereocenters. The third-order valence-corrected chi connectivity index (χ3v) is 5.14. The second-order valence-corrected chi connectivity index (χ2v) is 7.77. The summed E-state index contributed by atoms with van der Waals surface area (Å²) in [5.41, 5.74) is 2.30. The van der Waals surface area contributed by atoms with Gasteiger partial charge < -0.3 is 23.7 Å². The second kappa shape index (κ2) is 8.70. The molecule has 2 fully saturated rings. The van der Waals surface area contributed by atoms with Crippen LogP contribution < -0.4 is 0 Å². The van der Waals surface area contributed by atoms with Gasteiger partial charge in [0.15, 0.2) is 12.1 Å². The average molecular weight is 410 g/mol. The standard InChI is InChI=1S/C24H26O6/c1-24(2)29-20-19(14-13-17-11-7-8-12-18(17)22(25)26-3)28-23(21(20)30-24)27-15-16-9-5-4-6-10-16/h4-14,19-21,23H,15H2,1-3H3/b14-13+/t19-,20+,21+,23+/m1/s1. The maximum Gasteiger partial charge on any atom is 0.338 e. The SMILES string of the molecule is COC(=O)c1ccccc1/C=C/[C@H]1O[C@H](OCc2ccccc2)[C@H]2OC(C)(C)O[C@H]21. The van der Waals surface area contributed by atoms with E-state index in [1.807, 2.05) is 68.5 Å². The van der Waals surface area contributed by atoms with Crippen molar-refractivity contribution >= 4 is 12.0 Å². The minimum absolute atomic E-state index is 0.303. The predicted octanol–water partition coefficient (Wildman–Crippen LogP) is 3.95. The first-order valence-corrected chi connectivity index (χ1v) is 9.99. The molecule has 0 N–H and O–H groups in total. The lowest BCUT2D eigenvalue weighted by molar-refractivity contribution is -0.231. The Morgan fingerprint density at radius 3 is 2.50 bits per heavy atom. The number of hydrogen-bond donors (Lipinski definition) is 0. The van der Waals surface area contributed by atoms with Crippen molar-refractivity contribution in [1.82, 2.24) is 0 Å². The van der Waals surface area contributed by atoms with E-state index in [2.05, 4.69) is 0 Å². The van der Waals surface area contributed by atoms with E-state index in [-0.39, 0.29) is 24.3 Å². The predicted molar refractivity (Wildman–Crippen MR) is 111 cm³/mol. The largest absolute Gasteiger partial charge is 0.465 e. The number of carbonyl (C=O) groups excluding carboxylic acids is 1. The topological polar surface area (TPSA) is 63.2 Å². The van der Waals surface area contributed by atoms with Crippen LogP contribution in [0, 0.1) is 0 Å². The van der Waals surface area contributed by atoms with Crippen molar-refractivity contribution < 1.29 is 28.5 Å². The van der Waals surface area contributed by atoms with Crippen LogP contribution in [0.3, 0.4) is 0 Å². The average Bonchev–Trinajstić information content (AvgIpc) is 3.24. The summed E-state index contributed by atoms with van der Waals surface area (Å²) in [6.45, 7) is 4.18. The van der Waals surface area contributed by atoms with Crippen LogP contribution in [-0.2, 0) is 30.3 Å². The molecule has 0 saturated carbocycles. The Morgan fingerprint density at radius 1 is 1.03 bits per heavy atom. The first-order chi connectivity index (χ1) is 14.5. The van der Waals surface area contributed by atoms with Gasteiger partial charge in [-0.15, -0.1) is 0 Å². The number of benzene rings is 2. The van der Waals surface area contributed by atoms with E-state index in [0.717, 1.165) is 11.1 Å². The van der Waals surface area contributed by atoms with Gasteiger partial charge in [-0.05, 0) is 31.0 Å². The number of hydrogen-bond acceptors (Lipinski definition) is 6. The monoisotopic (exact) mass is 410 g/mol. The van der Waals surface area contributed by atoms with Gasteiger partial charge in [-0.3, -0.25) is 0 Å². The minimum Gasteiger partial charge on any atom is -0.465 e. The zero-order valence-electron chi connectivity index (χ0n) is 17.3. The van der Waals surface area contributed by atoms with E-state index >= 15 is 0 Å². The van der Waals surface area contributed by atoms with Crippen molar-refractivity contribution in [2.45, 2.75) is 50.8 Å². The lowest BCUT2D eigenvalue weighted by Crippen LogP contribution is -2.31. The van der Waals surface area contributed by atoms with Crippen LogP contribution in [0.25, 0.3) is 6.08 Å². The summed E-state index contributed by atoms with van der Waals surface area (Å²) < 4.78 is 29.1. The van der Waals surface area contributed by atoms with Crippen LogP contribution in [-0.4, -0.2) is 43.5 Å². The van der Waals surface area contributed by atoms with Gasteiger partial charge in [-0.1, -0.05) is 60.7 Å². The quantitative estimate of drug-likeness (QED) is 0.672. The molecule has 2 aromatic rings. The van der Waals surface area contributed by atoms with Crippen molar-refractivity contribution in [2.75, 3.05) is 7.11 Å². The molecule has 0 amide bonds. The molecule has 4 atom stereocenters. The fourth-order valence-electron chi connectivity index (χ4n) is 3.77. The maximum absolute atomic E-state index is 12.0. The summed E-state index contributed by atoms with van der Waals surface area (Å²) in [5.74, 6) is -1.10. The number of fused-ring (bicyclic) bond motifs is 1. The normalized spacial score (nSPS) is 27.3. The first kappa shape index (κ1) is 20.8. The van der Waals surface area contributed by atoms with E-state index < -0.39 is 12.1 Å². The Bertz CT molecular complexity index is 907. The van der Waals surface area contributed by atoms with Crippen molar-refractivity contribution in [3.63, 3.8) is 0 Å². The molecule has 0 aliphatic carbocycles. The molecule has 2 heterocycles. The smallest absolute Gasteiger partial charge is 0.338 e. The summed E-state index contributed by atoms with van der Waals surface area (Å²) in [7, 11) is 1.37. The third kappa shape index (κ3) is 4.47. The Kier molecular flexibility index (Phi) is 6.01. The number of methoxy groups -OCH3 is 1. The van der Waals surface area contributed by atoms with E-state index in [0.29, 0.717) is 12.2 Å². The molecular formula is C24H26O6. The molecule has 0 aromatic heterocycles. The molecule has 2 aliphatic heterocycles. The van der Waals surface area contributed by atoms with Crippen LogP contribution in [0.15, 0.2) is 60.7 Å². The molecule has 0 spiro atoms. The zero-order valence-corrected chi connectivity index (χ0v) is 17.3. The van der Waals surface area contributed by atoms with Gasteiger partial charge in [-0.2, -0.15) is 0 Å². The van der Waals surface area contributed by atoms with E-state index in [1.54, 1.807) is 12.1 Å². The summed E-state index contributed by atoms with van der Waals surface area (Å²) in [5, 5.41) is 0. The molecule has 0 bridgehead atoms. The van der Waals surface area contributed by atoms with Crippen molar-refractivity contribution in [3.05, 3.63) is 77.4 Å². The molecular weight excluding hydrogens is 384 g/mol. The molecule has 2 aromatic carbocycles. The van der Waals surface area contributed by atoms with Gasteiger partial charge >= 0.3 is 5.97 Å². The summed E-state index contributed by atoms with van der Waals surface area (Å²) >= 11 is 0. The number of esters is 1. The molecule has 0 radical (unpaired) electrons. The molecule has 30 heavy (non-hydrogen) atoms. The van der Waals surface area contributed by atoms with Gasteiger partial charge in [0.05, 0.1) is 19.3 Å². The summed E-state index contributed by atoms with van der Waals surface area (Å²) in [4.78, 5) is 12.0. The van der Waals surface area contributed by atoms with E-state index in [4.69, 9.17) is 23.7 Å². The molecule has 6 nitrogen and oxygen atoms in total. The maximum atomic E-state index is 12.0. The van der Waals surface area contributed by atoms with Gasteiger partial charge in [0.2, 0.25) is 0 Å². The van der Waals surface area contributed by atoms with Crippen LogP contribution >= 0.6 is 0 Å². The van der Waals surface area contributed by atoms with Crippen molar-refractivity contribution in [2.24, 2.45) is 0 Å². The lowest BCUT2D eigenvalue weighted by atomic mass is 10.0. The highest BCUT2D eigenvalue weighted by Crippen LogP contribution is 2.40. The molecule has 2 aliphatic rings. The zero-order chi connectivity index (χ0) is 21.1. The van der Waals surface area contributed by atoms with Gasteiger partial charge in [0.25, 0.3) is 0 Å². The van der Waals surface area contributed by atoms with Gasteiger partial charge in [0.1, 0.15) is 18.3 Å². The Morgan fingerprint density at radius 2 is 1.73 bits per heavy atom. The Balaban J connectivity index is 1.51. The fourth-order valence-corrected chi connectivity index (χ4v) is 3.77. The highest BCUT2D eigenvalue weighted by molar-refractivity contribution is 5.93. The second-order valence-electron chi connectivity index (χ2n) is 7.77. The lowest BCUT2D eigenvalue weighted by Gasteiger charge is -2.23. The summed E-state index contributed by atoms with van der Waals surface area (Å²) in [6.07, 6.45) is 2.17. The number of ether oxygens (including phenoxy) is 5. The van der Waals surface area contributed by atoms with E-state index in [9.17, 15) is 4.79 Å². The molecule has 6 heteroatoms.